The first-order valence-electron chi connectivity index (χ1n) is 6.59. The Labute approximate surface area is 115 Å². The van der Waals surface area contributed by atoms with Crippen molar-refractivity contribution in [1.29, 1.82) is 0 Å². The van der Waals surface area contributed by atoms with Crippen molar-refractivity contribution in [2.75, 3.05) is 0 Å². The van der Waals surface area contributed by atoms with E-state index in [1.807, 2.05) is 42.5 Å². The summed E-state index contributed by atoms with van der Waals surface area (Å²) in [5.41, 5.74) is 1.28. The molecule has 0 bridgehead atoms. The summed E-state index contributed by atoms with van der Waals surface area (Å²) >= 11 is 0. The van der Waals surface area contributed by atoms with Crippen LogP contribution in [0, 0.1) is 12.3 Å². The molecular formula is C18H18O. The van der Waals surface area contributed by atoms with Crippen molar-refractivity contribution in [2.24, 2.45) is 0 Å². The van der Waals surface area contributed by atoms with E-state index in [-0.39, 0.29) is 0 Å². The predicted octanol–water partition coefficient (Wildman–Crippen LogP) is 5.00. The summed E-state index contributed by atoms with van der Waals surface area (Å²) in [4.78, 5) is 0. The molecule has 0 aromatic heterocycles. The Hall–Kier alpha value is -2.20. The minimum absolute atomic E-state index is 0.441. The number of hydrogen-bond acceptors (Lipinski definition) is 1. The van der Waals surface area contributed by atoms with Gasteiger partial charge in [-0.1, -0.05) is 37.3 Å². The van der Waals surface area contributed by atoms with Gasteiger partial charge in [0.2, 0.25) is 0 Å². The van der Waals surface area contributed by atoms with E-state index in [1.54, 1.807) is 0 Å². The van der Waals surface area contributed by atoms with Gasteiger partial charge in [-0.2, -0.15) is 0 Å². The zero-order valence-corrected chi connectivity index (χ0v) is 11.2. The first-order chi connectivity index (χ1) is 9.33. The maximum atomic E-state index is 5.77. The largest absolute Gasteiger partial charge is 0.457 e. The molecule has 2 rings (SSSR count). The van der Waals surface area contributed by atoms with Gasteiger partial charge in [0.1, 0.15) is 11.5 Å². The van der Waals surface area contributed by atoms with Crippen molar-refractivity contribution < 1.29 is 4.74 Å². The minimum Gasteiger partial charge on any atom is -0.457 e. The van der Waals surface area contributed by atoms with Gasteiger partial charge < -0.3 is 4.74 Å². The molecule has 2 aromatic carbocycles. The number of para-hydroxylation sites is 1. The van der Waals surface area contributed by atoms with E-state index < -0.39 is 0 Å². The summed E-state index contributed by atoms with van der Waals surface area (Å²) in [6.45, 7) is 2.16. The smallest absolute Gasteiger partial charge is 0.127 e. The SMILES string of the molecule is C#CCC(CC)c1ccc(Oc2ccccc2)cc1. The zero-order chi connectivity index (χ0) is 13.5. The summed E-state index contributed by atoms with van der Waals surface area (Å²) in [7, 11) is 0. The number of hydrogen-bond donors (Lipinski definition) is 0. The lowest BCUT2D eigenvalue weighted by molar-refractivity contribution is 0.482. The molecule has 0 saturated carbocycles. The Morgan fingerprint density at radius 3 is 2.21 bits per heavy atom. The third-order valence-corrected chi connectivity index (χ3v) is 3.19. The second-order valence-corrected chi connectivity index (χ2v) is 4.50. The fourth-order valence-electron chi connectivity index (χ4n) is 2.07. The fourth-order valence-corrected chi connectivity index (χ4v) is 2.07. The molecule has 0 aliphatic carbocycles. The highest BCUT2D eigenvalue weighted by Crippen LogP contribution is 2.27. The van der Waals surface area contributed by atoms with E-state index >= 15 is 0 Å². The first-order valence-corrected chi connectivity index (χ1v) is 6.59. The van der Waals surface area contributed by atoms with Crippen LogP contribution in [-0.4, -0.2) is 0 Å². The molecular weight excluding hydrogens is 232 g/mol. The molecule has 0 aliphatic heterocycles. The maximum Gasteiger partial charge on any atom is 0.127 e. The molecule has 0 aliphatic rings. The van der Waals surface area contributed by atoms with Crippen molar-refractivity contribution in [1.82, 2.24) is 0 Å². The highest BCUT2D eigenvalue weighted by atomic mass is 16.5. The van der Waals surface area contributed by atoms with E-state index in [1.165, 1.54) is 5.56 Å². The first kappa shape index (κ1) is 13.2. The van der Waals surface area contributed by atoms with Crippen molar-refractivity contribution in [3.05, 3.63) is 60.2 Å². The number of benzene rings is 2. The fraction of sp³-hybridized carbons (Fsp3) is 0.222. The molecule has 1 heteroatoms. The molecule has 0 saturated heterocycles. The van der Waals surface area contributed by atoms with Crippen molar-refractivity contribution in [2.45, 2.75) is 25.7 Å². The van der Waals surface area contributed by atoms with Gasteiger partial charge in [-0.25, -0.2) is 0 Å². The molecule has 0 amide bonds. The Morgan fingerprint density at radius 2 is 1.63 bits per heavy atom. The van der Waals surface area contributed by atoms with Crippen LogP contribution in [0.2, 0.25) is 0 Å². The minimum atomic E-state index is 0.441. The van der Waals surface area contributed by atoms with Crippen LogP contribution in [0.1, 0.15) is 31.2 Å². The van der Waals surface area contributed by atoms with Crippen LogP contribution in [0.3, 0.4) is 0 Å². The quantitative estimate of drug-likeness (QED) is 0.679. The molecule has 19 heavy (non-hydrogen) atoms. The molecule has 0 spiro atoms. The van der Waals surface area contributed by atoms with Gasteiger partial charge in [0, 0.05) is 6.42 Å². The average Bonchev–Trinajstić information content (AvgIpc) is 2.47. The van der Waals surface area contributed by atoms with Gasteiger partial charge in [-0.3, -0.25) is 0 Å². The van der Waals surface area contributed by atoms with Crippen LogP contribution < -0.4 is 4.74 Å². The lowest BCUT2D eigenvalue weighted by Crippen LogP contribution is -1.95. The zero-order valence-electron chi connectivity index (χ0n) is 11.2. The molecule has 1 unspecified atom stereocenters. The molecule has 1 atom stereocenters. The number of ether oxygens (including phenoxy) is 1. The van der Waals surface area contributed by atoms with Gasteiger partial charge >= 0.3 is 0 Å². The highest BCUT2D eigenvalue weighted by Gasteiger charge is 2.07. The maximum absolute atomic E-state index is 5.77. The van der Waals surface area contributed by atoms with Crippen molar-refractivity contribution >= 4 is 0 Å². The third kappa shape index (κ3) is 3.63. The van der Waals surface area contributed by atoms with Gasteiger partial charge in [0.25, 0.3) is 0 Å². The van der Waals surface area contributed by atoms with Crippen LogP contribution in [-0.2, 0) is 0 Å². The standard InChI is InChI=1S/C18H18O/c1-3-8-15(4-2)16-11-13-18(14-12-16)19-17-9-6-5-7-10-17/h1,5-7,9-15H,4,8H2,2H3. The number of terminal acetylenes is 1. The monoisotopic (exact) mass is 250 g/mol. The van der Waals surface area contributed by atoms with Crippen LogP contribution in [0.5, 0.6) is 11.5 Å². The summed E-state index contributed by atoms with van der Waals surface area (Å²) in [5.74, 6) is 4.89. The molecule has 96 valence electrons. The second-order valence-electron chi connectivity index (χ2n) is 4.50. The van der Waals surface area contributed by atoms with Crippen molar-refractivity contribution in [3.8, 4) is 23.8 Å². The van der Waals surface area contributed by atoms with Gasteiger partial charge in [0.15, 0.2) is 0 Å². The normalized spacial score (nSPS) is 11.6. The summed E-state index contributed by atoms with van der Waals surface area (Å²) < 4.78 is 5.77. The highest BCUT2D eigenvalue weighted by molar-refractivity contribution is 5.34. The topological polar surface area (TPSA) is 9.23 Å². The van der Waals surface area contributed by atoms with Crippen LogP contribution in [0.4, 0.5) is 0 Å². The van der Waals surface area contributed by atoms with Gasteiger partial charge in [-0.15, -0.1) is 12.3 Å². The Kier molecular flexibility index (Phi) is 4.64. The molecule has 0 radical (unpaired) electrons. The Balaban J connectivity index is 2.08. The van der Waals surface area contributed by atoms with E-state index in [9.17, 15) is 0 Å². The lowest BCUT2D eigenvalue weighted by atomic mass is 9.94. The predicted molar refractivity (Wildman–Crippen MR) is 79.4 cm³/mol. The second kappa shape index (κ2) is 6.66. The lowest BCUT2D eigenvalue weighted by Gasteiger charge is -2.13. The molecule has 1 nitrogen and oxygen atoms in total. The third-order valence-electron chi connectivity index (χ3n) is 3.19. The van der Waals surface area contributed by atoms with Gasteiger partial charge in [-0.05, 0) is 42.2 Å². The van der Waals surface area contributed by atoms with E-state index in [0.29, 0.717) is 5.92 Å². The van der Waals surface area contributed by atoms with Crippen LogP contribution >= 0.6 is 0 Å². The van der Waals surface area contributed by atoms with Crippen molar-refractivity contribution in [3.63, 3.8) is 0 Å². The molecule has 2 aromatic rings. The van der Waals surface area contributed by atoms with E-state index in [2.05, 4.69) is 25.0 Å². The van der Waals surface area contributed by atoms with E-state index in [4.69, 9.17) is 11.2 Å². The van der Waals surface area contributed by atoms with Crippen LogP contribution in [0.25, 0.3) is 0 Å². The Morgan fingerprint density at radius 1 is 1.00 bits per heavy atom. The van der Waals surface area contributed by atoms with Crippen LogP contribution in [0.15, 0.2) is 54.6 Å². The summed E-state index contributed by atoms with van der Waals surface area (Å²) in [6.07, 6.45) is 7.25. The average molecular weight is 250 g/mol. The molecule has 0 N–H and O–H groups in total. The van der Waals surface area contributed by atoms with Gasteiger partial charge in [0.05, 0.1) is 0 Å². The molecule has 0 heterocycles. The van der Waals surface area contributed by atoms with E-state index in [0.717, 1.165) is 24.3 Å². The Bertz CT molecular complexity index is 534. The summed E-state index contributed by atoms with van der Waals surface area (Å²) in [5, 5.41) is 0. The molecule has 0 fully saturated rings. The summed E-state index contributed by atoms with van der Waals surface area (Å²) in [6, 6.07) is 18.0. The number of rotatable bonds is 5.